The second-order valence-electron chi connectivity index (χ2n) is 13.0. The lowest BCUT2D eigenvalue weighted by atomic mass is 9.93. The summed E-state index contributed by atoms with van der Waals surface area (Å²) >= 11 is 0. The molecule has 4 aromatic heterocycles. The molecule has 6 heteroatoms. The van der Waals surface area contributed by atoms with Crippen molar-refractivity contribution in [2.45, 2.75) is 0 Å². The fraction of sp³-hybridized carbons (Fsp3) is 0. The summed E-state index contributed by atoms with van der Waals surface area (Å²) in [5.74, 6) is 1.78. The van der Waals surface area contributed by atoms with E-state index in [-0.39, 0.29) is 0 Å². The molecular weight excluding hydrogens is 641 g/mol. The first kappa shape index (κ1) is 28.6. The zero-order valence-electron chi connectivity index (χ0n) is 27.6. The van der Waals surface area contributed by atoms with Crippen LogP contribution in [0, 0.1) is 0 Å². The molecular formula is C46H26N4O2. The van der Waals surface area contributed by atoms with Gasteiger partial charge >= 0.3 is 0 Å². The zero-order chi connectivity index (χ0) is 34.2. The van der Waals surface area contributed by atoms with E-state index in [9.17, 15) is 0 Å². The van der Waals surface area contributed by atoms with E-state index in [0.29, 0.717) is 23.2 Å². The minimum Gasteiger partial charge on any atom is -0.456 e. The van der Waals surface area contributed by atoms with Crippen LogP contribution in [0.3, 0.4) is 0 Å². The Hall–Kier alpha value is -7.18. The van der Waals surface area contributed by atoms with Gasteiger partial charge in [-0.05, 0) is 51.6 Å². The molecule has 52 heavy (non-hydrogen) atoms. The highest BCUT2D eigenvalue weighted by Gasteiger charge is 2.21. The Morgan fingerprint density at radius 1 is 0.365 bits per heavy atom. The molecule has 11 aromatic rings. The van der Waals surface area contributed by atoms with E-state index in [1.165, 1.54) is 0 Å². The summed E-state index contributed by atoms with van der Waals surface area (Å²) < 4.78 is 12.7. The minimum absolute atomic E-state index is 0.585. The van der Waals surface area contributed by atoms with Gasteiger partial charge in [0.2, 0.25) is 5.71 Å². The first-order chi connectivity index (χ1) is 25.8. The zero-order valence-corrected chi connectivity index (χ0v) is 27.6. The van der Waals surface area contributed by atoms with E-state index in [1.807, 2.05) is 79.0 Å². The van der Waals surface area contributed by atoms with Crippen molar-refractivity contribution in [1.29, 1.82) is 0 Å². The van der Waals surface area contributed by atoms with E-state index in [4.69, 9.17) is 23.8 Å². The molecule has 4 heterocycles. The average molecular weight is 667 g/mol. The molecule has 7 aromatic carbocycles. The van der Waals surface area contributed by atoms with Crippen LogP contribution < -0.4 is 0 Å². The van der Waals surface area contributed by atoms with Crippen molar-refractivity contribution in [3.63, 3.8) is 0 Å². The highest BCUT2D eigenvalue weighted by molar-refractivity contribution is 6.20. The van der Waals surface area contributed by atoms with Gasteiger partial charge in [0.25, 0.3) is 0 Å². The number of para-hydroxylation sites is 1. The SMILES string of the molecule is c1ccc(-c2nc(-c3cccc4c(-c5ccnc6oc7c8ccccc8ccc7c56)cccc34)nc(-c3cccc4oc5ccccc5c34)n2)cc1. The number of aromatic nitrogens is 4. The average Bonchev–Trinajstić information content (AvgIpc) is 3.80. The van der Waals surface area contributed by atoms with Crippen LogP contribution in [0.15, 0.2) is 167 Å². The van der Waals surface area contributed by atoms with Gasteiger partial charge in [-0.3, -0.25) is 0 Å². The van der Waals surface area contributed by atoms with Crippen molar-refractivity contribution >= 4 is 65.6 Å². The predicted octanol–water partition coefficient (Wildman–Crippen LogP) is 12.0. The van der Waals surface area contributed by atoms with Crippen LogP contribution in [0.25, 0.3) is 111 Å². The van der Waals surface area contributed by atoms with Crippen LogP contribution in [-0.4, -0.2) is 19.9 Å². The fourth-order valence-electron chi connectivity index (χ4n) is 7.69. The van der Waals surface area contributed by atoms with Gasteiger partial charge in [-0.1, -0.05) is 127 Å². The molecule has 0 aliphatic carbocycles. The molecule has 0 saturated carbocycles. The lowest BCUT2D eigenvalue weighted by Crippen LogP contribution is -2.01. The third-order valence-corrected chi connectivity index (χ3v) is 10.0. The van der Waals surface area contributed by atoms with Crippen LogP contribution in [-0.2, 0) is 0 Å². The highest BCUT2D eigenvalue weighted by atomic mass is 16.3. The second kappa shape index (κ2) is 11.2. The van der Waals surface area contributed by atoms with E-state index >= 15 is 0 Å². The number of hydrogen-bond acceptors (Lipinski definition) is 6. The maximum Gasteiger partial charge on any atom is 0.227 e. The Bertz CT molecular complexity index is 3200. The van der Waals surface area contributed by atoms with Crippen molar-refractivity contribution in [2.75, 3.05) is 0 Å². The van der Waals surface area contributed by atoms with Crippen molar-refractivity contribution in [2.24, 2.45) is 0 Å². The van der Waals surface area contributed by atoms with Crippen LogP contribution in [0.4, 0.5) is 0 Å². The van der Waals surface area contributed by atoms with Gasteiger partial charge in [0, 0.05) is 44.4 Å². The van der Waals surface area contributed by atoms with E-state index < -0.39 is 0 Å². The number of rotatable bonds is 4. The Morgan fingerprint density at radius 3 is 1.90 bits per heavy atom. The lowest BCUT2D eigenvalue weighted by Gasteiger charge is -2.13. The highest BCUT2D eigenvalue weighted by Crippen LogP contribution is 2.42. The number of pyridine rings is 1. The van der Waals surface area contributed by atoms with Gasteiger partial charge in [0.05, 0.1) is 5.39 Å². The third-order valence-electron chi connectivity index (χ3n) is 10.0. The van der Waals surface area contributed by atoms with E-state index in [1.54, 1.807) is 0 Å². The van der Waals surface area contributed by atoms with Crippen molar-refractivity contribution in [1.82, 2.24) is 19.9 Å². The normalized spacial score (nSPS) is 11.8. The van der Waals surface area contributed by atoms with Crippen molar-refractivity contribution in [3.05, 3.63) is 158 Å². The number of hydrogen-bond donors (Lipinski definition) is 0. The number of nitrogens with zero attached hydrogens (tertiary/aromatic N) is 4. The van der Waals surface area contributed by atoms with Gasteiger partial charge in [-0.25, -0.2) is 19.9 Å². The van der Waals surface area contributed by atoms with Gasteiger partial charge in [0.1, 0.15) is 16.7 Å². The topological polar surface area (TPSA) is 77.8 Å². The van der Waals surface area contributed by atoms with Crippen molar-refractivity contribution in [3.8, 4) is 45.3 Å². The molecule has 0 amide bonds. The lowest BCUT2D eigenvalue weighted by molar-refractivity contribution is 0.658. The first-order valence-corrected chi connectivity index (χ1v) is 17.2. The van der Waals surface area contributed by atoms with Crippen LogP contribution in [0.1, 0.15) is 0 Å². The van der Waals surface area contributed by atoms with Gasteiger partial charge < -0.3 is 8.83 Å². The molecule has 242 valence electrons. The summed E-state index contributed by atoms with van der Waals surface area (Å²) in [6.45, 7) is 0. The Kier molecular flexibility index (Phi) is 6.15. The molecule has 0 atom stereocenters. The minimum atomic E-state index is 0.585. The van der Waals surface area contributed by atoms with E-state index in [2.05, 4.69) is 83.8 Å². The van der Waals surface area contributed by atoms with E-state index in [0.717, 1.165) is 87.7 Å². The number of furan rings is 2. The van der Waals surface area contributed by atoms with Crippen molar-refractivity contribution < 1.29 is 8.83 Å². The summed E-state index contributed by atoms with van der Waals surface area (Å²) in [7, 11) is 0. The molecule has 0 N–H and O–H groups in total. The number of fused-ring (bicyclic) bond motifs is 9. The summed E-state index contributed by atoms with van der Waals surface area (Å²) in [5.41, 5.74) is 7.94. The fourth-order valence-corrected chi connectivity index (χ4v) is 7.69. The Morgan fingerprint density at radius 2 is 1.02 bits per heavy atom. The Labute approximate surface area is 296 Å². The molecule has 0 bridgehead atoms. The molecule has 0 radical (unpaired) electrons. The largest absolute Gasteiger partial charge is 0.456 e. The van der Waals surface area contributed by atoms with Crippen LogP contribution in [0.2, 0.25) is 0 Å². The summed E-state index contributed by atoms with van der Waals surface area (Å²) in [6, 6.07) is 51.6. The molecule has 11 rings (SSSR count). The van der Waals surface area contributed by atoms with Gasteiger partial charge in [-0.15, -0.1) is 0 Å². The molecule has 0 spiro atoms. The monoisotopic (exact) mass is 666 g/mol. The standard InChI is InChI=1S/C46H26N4O2/c1-2-12-28(13-3-1)43-48-44(50-45(49-43)37-20-10-22-39-40(37)35-15-6-7-21-38(35)51-39)34-19-9-16-30-31(17-8-18-32(30)34)33-25-26-47-46-41(33)36-24-23-27-11-4-5-14-29(27)42(36)52-46/h1-26H. The summed E-state index contributed by atoms with van der Waals surface area (Å²) in [5, 5.41) is 8.36. The molecule has 0 saturated heterocycles. The maximum atomic E-state index is 6.45. The quantitative estimate of drug-likeness (QED) is 0.186. The van der Waals surface area contributed by atoms with Crippen LogP contribution >= 0.6 is 0 Å². The number of benzene rings is 7. The molecule has 6 nitrogen and oxygen atoms in total. The molecule has 0 aliphatic heterocycles. The molecule has 0 unspecified atom stereocenters. The Balaban J connectivity index is 1.15. The van der Waals surface area contributed by atoms with Gasteiger partial charge in [-0.2, -0.15) is 0 Å². The maximum absolute atomic E-state index is 6.45. The second-order valence-corrected chi connectivity index (χ2v) is 13.0. The predicted molar refractivity (Wildman–Crippen MR) is 209 cm³/mol. The summed E-state index contributed by atoms with van der Waals surface area (Å²) in [6.07, 6.45) is 1.83. The molecule has 0 fully saturated rings. The van der Waals surface area contributed by atoms with Crippen LogP contribution in [0.5, 0.6) is 0 Å². The van der Waals surface area contributed by atoms with Gasteiger partial charge in [0.15, 0.2) is 17.5 Å². The first-order valence-electron chi connectivity index (χ1n) is 17.2. The summed E-state index contributed by atoms with van der Waals surface area (Å²) in [4.78, 5) is 20.1. The third kappa shape index (κ3) is 4.31. The molecule has 0 aliphatic rings. The smallest absolute Gasteiger partial charge is 0.227 e.